The number of ether oxygens (including phenoxy) is 2. The van der Waals surface area contributed by atoms with E-state index < -0.39 is 18.0 Å². The van der Waals surface area contributed by atoms with E-state index in [9.17, 15) is 14.4 Å². The number of carbonyl (C=O) groups is 3. The van der Waals surface area contributed by atoms with Crippen LogP contribution in [0.5, 0.6) is 5.75 Å². The zero-order chi connectivity index (χ0) is 18.4. The van der Waals surface area contributed by atoms with Gasteiger partial charge < -0.3 is 14.8 Å². The molecule has 1 amide bonds. The molecule has 0 fully saturated rings. The maximum atomic E-state index is 12.1. The van der Waals surface area contributed by atoms with Crippen LogP contribution in [0.25, 0.3) is 0 Å². The Labute approximate surface area is 145 Å². The second-order valence-electron chi connectivity index (χ2n) is 5.40. The monoisotopic (exact) mass is 341 g/mol. The normalized spacial score (nSPS) is 11.3. The molecule has 0 saturated carbocycles. The lowest BCUT2D eigenvalue weighted by Gasteiger charge is -2.14. The molecule has 0 aliphatic carbocycles. The first-order valence-corrected chi connectivity index (χ1v) is 7.67. The number of methoxy groups -OCH3 is 1. The number of benzene rings is 2. The van der Waals surface area contributed by atoms with Crippen molar-refractivity contribution in [3.63, 3.8) is 0 Å². The Kier molecular flexibility index (Phi) is 5.89. The van der Waals surface area contributed by atoms with Crippen LogP contribution in [0.1, 0.15) is 34.6 Å². The number of rotatable bonds is 6. The number of hydrogen-bond donors (Lipinski definition) is 1. The second-order valence-corrected chi connectivity index (χ2v) is 5.40. The number of nitrogens with one attached hydrogen (secondary N) is 1. The van der Waals surface area contributed by atoms with E-state index in [1.54, 1.807) is 48.5 Å². The van der Waals surface area contributed by atoms with E-state index in [0.717, 1.165) is 0 Å². The quantitative estimate of drug-likeness (QED) is 0.645. The van der Waals surface area contributed by atoms with Crippen molar-refractivity contribution in [3.8, 4) is 5.75 Å². The summed E-state index contributed by atoms with van der Waals surface area (Å²) in [5.74, 6) is -0.495. The topological polar surface area (TPSA) is 81.7 Å². The molecule has 2 aromatic carbocycles. The minimum atomic E-state index is -0.970. The van der Waals surface area contributed by atoms with Crippen LogP contribution in [0.2, 0.25) is 0 Å². The van der Waals surface area contributed by atoms with E-state index in [-0.39, 0.29) is 5.78 Å². The first kappa shape index (κ1) is 18.2. The third kappa shape index (κ3) is 4.91. The molecule has 0 heterocycles. The van der Waals surface area contributed by atoms with E-state index in [1.165, 1.54) is 21.0 Å². The van der Waals surface area contributed by atoms with Crippen molar-refractivity contribution in [2.75, 3.05) is 12.4 Å². The Morgan fingerprint density at radius 3 is 2.00 bits per heavy atom. The van der Waals surface area contributed by atoms with Crippen LogP contribution < -0.4 is 10.1 Å². The summed E-state index contributed by atoms with van der Waals surface area (Å²) in [6.07, 6.45) is -0.970. The molecular formula is C19H19NO5. The summed E-state index contributed by atoms with van der Waals surface area (Å²) in [5, 5.41) is 2.64. The lowest BCUT2D eigenvalue weighted by atomic mass is 10.1. The molecule has 2 aromatic rings. The molecule has 0 aliphatic rings. The molecule has 0 radical (unpaired) electrons. The molecular weight excluding hydrogens is 322 g/mol. The molecule has 130 valence electrons. The molecule has 0 saturated heterocycles. The predicted molar refractivity (Wildman–Crippen MR) is 92.9 cm³/mol. The number of carbonyl (C=O) groups excluding carboxylic acids is 3. The van der Waals surface area contributed by atoms with Crippen molar-refractivity contribution in [1.82, 2.24) is 0 Å². The highest BCUT2D eigenvalue weighted by molar-refractivity contribution is 5.98. The van der Waals surface area contributed by atoms with Gasteiger partial charge in [0.15, 0.2) is 11.9 Å². The van der Waals surface area contributed by atoms with Gasteiger partial charge in [-0.05, 0) is 62.4 Å². The fourth-order valence-corrected chi connectivity index (χ4v) is 2.04. The highest BCUT2D eigenvalue weighted by Gasteiger charge is 2.19. The minimum absolute atomic E-state index is 0.0559. The standard InChI is InChI=1S/C19H19NO5/c1-12(21)14-4-8-16(9-5-14)20-18(22)13(2)25-19(23)15-6-10-17(24-3)11-7-15/h4-11,13H,1-3H3,(H,20,22)/t13-/m1/s1. The highest BCUT2D eigenvalue weighted by atomic mass is 16.5. The lowest BCUT2D eigenvalue weighted by Crippen LogP contribution is -2.30. The first-order valence-electron chi connectivity index (χ1n) is 7.67. The average molecular weight is 341 g/mol. The molecule has 0 spiro atoms. The predicted octanol–water partition coefficient (Wildman–Crippen LogP) is 3.08. The zero-order valence-electron chi connectivity index (χ0n) is 14.2. The van der Waals surface area contributed by atoms with Crippen molar-refractivity contribution < 1.29 is 23.9 Å². The van der Waals surface area contributed by atoms with Gasteiger partial charge in [-0.2, -0.15) is 0 Å². The molecule has 0 unspecified atom stereocenters. The molecule has 0 aliphatic heterocycles. The Hall–Kier alpha value is -3.15. The maximum absolute atomic E-state index is 12.1. The average Bonchev–Trinajstić information content (AvgIpc) is 2.62. The Balaban J connectivity index is 1.94. The SMILES string of the molecule is COc1ccc(C(=O)O[C@H](C)C(=O)Nc2ccc(C(C)=O)cc2)cc1. The van der Waals surface area contributed by atoms with Gasteiger partial charge in [0.25, 0.3) is 5.91 Å². The molecule has 6 heteroatoms. The van der Waals surface area contributed by atoms with Gasteiger partial charge in [0.05, 0.1) is 12.7 Å². The number of ketones is 1. The van der Waals surface area contributed by atoms with Crippen LogP contribution in [-0.4, -0.2) is 30.9 Å². The van der Waals surface area contributed by atoms with Gasteiger partial charge in [-0.3, -0.25) is 9.59 Å². The summed E-state index contributed by atoms with van der Waals surface area (Å²) in [6, 6.07) is 12.9. The fraction of sp³-hybridized carbons (Fsp3) is 0.211. The van der Waals surface area contributed by atoms with Gasteiger partial charge in [-0.25, -0.2) is 4.79 Å². The summed E-state index contributed by atoms with van der Waals surface area (Å²) in [7, 11) is 1.53. The van der Waals surface area contributed by atoms with Crippen LogP contribution in [0.3, 0.4) is 0 Å². The van der Waals surface area contributed by atoms with E-state index >= 15 is 0 Å². The largest absolute Gasteiger partial charge is 0.497 e. The molecule has 0 aromatic heterocycles. The third-order valence-corrected chi connectivity index (χ3v) is 3.54. The fourth-order valence-electron chi connectivity index (χ4n) is 2.04. The second kappa shape index (κ2) is 8.10. The summed E-state index contributed by atoms with van der Waals surface area (Å²) < 4.78 is 10.2. The van der Waals surface area contributed by atoms with Crippen molar-refractivity contribution in [2.45, 2.75) is 20.0 Å². The molecule has 1 atom stereocenters. The van der Waals surface area contributed by atoms with Crippen molar-refractivity contribution >= 4 is 23.3 Å². The number of hydrogen-bond acceptors (Lipinski definition) is 5. The molecule has 0 bridgehead atoms. The summed E-state index contributed by atoms with van der Waals surface area (Å²) in [4.78, 5) is 35.4. The Bertz CT molecular complexity index is 765. The highest BCUT2D eigenvalue weighted by Crippen LogP contribution is 2.14. The van der Waals surface area contributed by atoms with Gasteiger partial charge in [-0.1, -0.05) is 0 Å². The minimum Gasteiger partial charge on any atom is -0.497 e. The Morgan fingerprint density at radius 2 is 1.48 bits per heavy atom. The van der Waals surface area contributed by atoms with Gasteiger partial charge >= 0.3 is 5.97 Å². The van der Waals surface area contributed by atoms with Crippen molar-refractivity contribution in [3.05, 3.63) is 59.7 Å². The summed E-state index contributed by atoms with van der Waals surface area (Å²) in [5.41, 5.74) is 1.39. The molecule has 2 rings (SSSR count). The van der Waals surface area contributed by atoms with E-state index in [4.69, 9.17) is 9.47 Å². The van der Waals surface area contributed by atoms with Gasteiger partial charge in [0.2, 0.25) is 0 Å². The number of anilines is 1. The van der Waals surface area contributed by atoms with Crippen LogP contribution in [-0.2, 0) is 9.53 Å². The maximum Gasteiger partial charge on any atom is 0.338 e. The van der Waals surface area contributed by atoms with E-state index in [1.807, 2.05) is 0 Å². The number of amides is 1. The molecule has 1 N–H and O–H groups in total. The summed E-state index contributed by atoms with van der Waals surface area (Å²) in [6.45, 7) is 2.95. The number of esters is 1. The van der Waals surface area contributed by atoms with Gasteiger partial charge in [0.1, 0.15) is 5.75 Å². The number of Topliss-reactive ketones (excluding diaryl/α,β-unsaturated/α-hetero) is 1. The first-order chi connectivity index (χ1) is 11.9. The van der Waals surface area contributed by atoms with E-state index in [2.05, 4.69) is 5.32 Å². The van der Waals surface area contributed by atoms with Crippen LogP contribution >= 0.6 is 0 Å². The third-order valence-electron chi connectivity index (χ3n) is 3.54. The molecule has 25 heavy (non-hydrogen) atoms. The van der Waals surface area contributed by atoms with Gasteiger partial charge in [0, 0.05) is 11.3 Å². The molecule has 6 nitrogen and oxygen atoms in total. The van der Waals surface area contributed by atoms with Crippen LogP contribution in [0.4, 0.5) is 5.69 Å². The summed E-state index contributed by atoms with van der Waals surface area (Å²) >= 11 is 0. The van der Waals surface area contributed by atoms with Gasteiger partial charge in [-0.15, -0.1) is 0 Å². The van der Waals surface area contributed by atoms with Crippen molar-refractivity contribution in [2.24, 2.45) is 0 Å². The Morgan fingerprint density at radius 1 is 0.920 bits per heavy atom. The zero-order valence-corrected chi connectivity index (χ0v) is 14.2. The van der Waals surface area contributed by atoms with Crippen LogP contribution in [0, 0.1) is 0 Å². The van der Waals surface area contributed by atoms with Crippen LogP contribution in [0.15, 0.2) is 48.5 Å². The smallest absolute Gasteiger partial charge is 0.338 e. The lowest BCUT2D eigenvalue weighted by molar-refractivity contribution is -0.123. The van der Waals surface area contributed by atoms with E-state index in [0.29, 0.717) is 22.6 Å². The van der Waals surface area contributed by atoms with Crippen molar-refractivity contribution in [1.29, 1.82) is 0 Å².